The molecule has 3 nitrogen and oxygen atoms in total. The van der Waals surface area contributed by atoms with Gasteiger partial charge in [0.25, 0.3) is 0 Å². The summed E-state index contributed by atoms with van der Waals surface area (Å²) in [7, 11) is 0. The zero-order valence-corrected chi connectivity index (χ0v) is 13.0. The van der Waals surface area contributed by atoms with Crippen molar-refractivity contribution in [2.24, 2.45) is 0 Å². The van der Waals surface area contributed by atoms with Crippen molar-refractivity contribution in [1.29, 1.82) is 0 Å². The van der Waals surface area contributed by atoms with Crippen LogP contribution in [0.5, 0.6) is 0 Å². The van der Waals surface area contributed by atoms with Crippen molar-refractivity contribution < 1.29 is 23.1 Å². The van der Waals surface area contributed by atoms with E-state index in [0.29, 0.717) is 16.3 Å². The summed E-state index contributed by atoms with van der Waals surface area (Å²) in [6.07, 6.45) is -4.42. The Labute approximate surface area is 129 Å². The number of carbonyl (C=O) groups is 1. The summed E-state index contributed by atoms with van der Waals surface area (Å²) < 4.78 is 38.5. The van der Waals surface area contributed by atoms with Gasteiger partial charge in [0.05, 0.1) is 11.3 Å². The molecule has 0 bridgehead atoms. The van der Waals surface area contributed by atoms with E-state index in [4.69, 9.17) is 5.11 Å². The monoisotopic (exact) mass is 329 g/mol. The molecule has 0 atom stereocenters. The number of nitrogens with zero attached hydrogens (tertiary/aromatic N) is 1. The second-order valence-electron chi connectivity index (χ2n) is 5.44. The summed E-state index contributed by atoms with van der Waals surface area (Å²) in [5.74, 6) is -1.08. The molecule has 0 aliphatic rings. The molecule has 0 saturated heterocycles. The number of thiazole rings is 1. The molecule has 0 aliphatic heterocycles. The minimum Gasteiger partial charge on any atom is -0.477 e. The fourth-order valence-electron chi connectivity index (χ4n) is 2.07. The summed E-state index contributed by atoms with van der Waals surface area (Å²) in [5.41, 5.74) is -0.741. The maximum absolute atomic E-state index is 12.8. The van der Waals surface area contributed by atoms with Crippen molar-refractivity contribution in [2.75, 3.05) is 0 Å². The molecule has 2 rings (SSSR count). The highest BCUT2D eigenvalue weighted by molar-refractivity contribution is 7.13. The van der Waals surface area contributed by atoms with Gasteiger partial charge in [0.15, 0.2) is 0 Å². The Kier molecular flexibility index (Phi) is 4.04. The SMILES string of the molecule is Cc1nc(C(C)(C)c2cccc(C(F)(F)F)c2)sc1C(=O)O. The van der Waals surface area contributed by atoms with E-state index in [9.17, 15) is 18.0 Å². The molecular formula is C15H14F3NO2S. The second kappa shape index (κ2) is 5.39. The molecule has 0 spiro atoms. The first kappa shape index (κ1) is 16.5. The van der Waals surface area contributed by atoms with Crippen molar-refractivity contribution in [2.45, 2.75) is 32.4 Å². The third kappa shape index (κ3) is 2.99. The minimum absolute atomic E-state index is 0.107. The average Bonchev–Trinajstić information content (AvgIpc) is 2.81. The Morgan fingerprint density at radius 1 is 1.23 bits per heavy atom. The molecule has 7 heteroatoms. The van der Waals surface area contributed by atoms with Gasteiger partial charge < -0.3 is 5.11 Å². The maximum Gasteiger partial charge on any atom is 0.416 e. The number of rotatable bonds is 3. The smallest absolute Gasteiger partial charge is 0.416 e. The van der Waals surface area contributed by atoms with Crippen LogP contribution in [0.3, 0.4) is 0 Å². The third-order valence-electron chi connectivity index (χ3n) is 3.44. The topological polar surface area (TPSA) is 50.2 Å². The summed E-state index contributed by atoms with van der Waals surface area (Å²) >= 11 is 0.991. The highest BCUT2D eigenvalue weighted by atomic mass is 32.1. The first-order valence-electron chi connectivity index (χ1n) is 6.42. The van der Waals surface area contributed by atoms with Crippen LogP contribution < -0.4 is 0 Å². The fourth-order valence-corrected chi connectivity index (χ4v) is 3.10. The molecule has 0 saturated carbocycles. The van der Waals surface area contributed by atoms with Crippen molar-refractivity contribution in [1.82, 2.24) is 4.98 Å². The number of benzene rings is 1. The van der Waals surface area contributed by atoms with E-state index in [1.54, 1.807) is 26.8 Å². The van der Waals surface area contributed by atoms with E-state index < -0.39 is 23.1 Å². The standard InChI is InChI=1S/C15H14F3NO2S/c1-8-11(12(20)21)22-13(19-8)14(2,3)9-5-4-6-10(7-9)15(16,17)18/h4-7H,1-3H3,(H,20,21). The molecule has 0 fully saturated rings. The maximum atomic E-state index is 12.8. The van der Waals surface area contributed by atoms with Gasteiger partial charge in [-0.3, -0.25) is 0 Å². The predicted octanol–water partition coefficient (Wildman–Crippen LogP) is 4.49. The van der Waals surface area contributed by atoms with Gasteiger partial charge >= 0.3 is 12.1 Å². The van der Waals surface area contributed by atoms with Crippen molar-refractivity contribution in [3.63, 3.8) is 0 Å². The zero-order chi connectivity index (χ0) is 16.7. The van der Waals surface area contributed by atoms with E-state index >= 15 is 0 Å². The molecule has 0 aliphatic carbocycles. The Balaban J connectivity index is 2.51. The number of hydrogen-bond acceptors (Lipinski definition) is 3. The van der Waals surface area contributed by atoms with Crippen molar-refractivity contribution >= 4 is 17.3 Å². The van der Waals surface area contributed by atoms with E-state index in [2.05, 4.69) is 4.98 Å². The Bertz CT molecular complexity index is 720. The Hall–Kier alpha value is -1.89. The van der Waals surface area contributed by atoms with Crippen LogP contribution in [0.25, 0.3) is 0 Å². The number of alkyl halides is 3. The number of aromatic carboxylic acids is 1. The van der Waals surface area contributed by atoms with E-state index in [-0.39, 0.29) is 4.88 Å². The molecule has 0 radical (unpaired) electrons. The largest absolute Gasteiger partial charge is 0.477 e. The lowest BCUT2D eigenvalue weighted by Gasteiger charge is -2.23. The first-order chi connectivity index (χ1) is 10.0. The molecule has 1 N–H and O–H groups in total. The number of carboxylic acids is 1. The van der Waals surface area contributed by atoms with Gasteiger partial charge in [-0.25, -0.2) is 9.78 Å². The zero-order valence-electron chi connectivity index (χ0n) is 12.2. The summed E-state index contributed by atoms with van der Waals surface area (Å²) in [6, 6.07) is 5.03. The number of carboxylic acid groups (broad SMARTS) is 1. The first-order valence-corrected chi connectivity index (χ1v) is 7.24. The van der Waals surface area contributed by atoms with Crippen molar-refractivity contribution in [3.05, 3.63) is 51.0 Å². The highest BCUT2D eigenvalue weighted by Crippen LogP contribution is 2.38. The normalized spacial score (nSPS) is 12.5. The highest BCUT2D eigenvalue weighted by Gasteiger charge is 2.34. The molecule has 1 heterocycles. The quantitative estimate of drug-likeness (QED) is 0.902. The molecule has 1 aromatic heterocycles. The summed E-state index contributed by atoms with van der Waals surface area (Å²) in [6.45, 7) is 5.03. The van der Waals surface area contributed by atoms with Crippen LogP contribution in [0.2, 0.25) is 0 Å². The molecule has 2 aromatic rings. The van der Waals surface area contributed by atoms with Crippen LogP contribution in [0.4, 0.5) is 13.2 Å². The molecular weight excluding hydrogens is 315 g/mol. The lowest BCUT2D eigenvalue weighted by atomic mass is 9.84. The van der Waals surface area contributed by atoms with Gasteiger partial charge in [0.1, 0.15) is 9.88 Å². The lowest BCUT2D eigenvalue weighted by Crippen LogP contribution is -2.19. The Morgan fingerprint density at radius 2 is 1.82 bits per heavy atom. The lowest BCUT2D eigenvalue weighted by molar-refractivity contribution is -0.137. The molecule has 0 amide bonds. The summed E-state index contributed by atoms with van der Waals surface area (Å²) in [5, 5.41) is 9.56. The molecule has 118 valence electrons. The van der Waals surface area contributed by atoms with Gasteiger partial charge in [0.2, 0.25) is 0 Å². The minimum atomic E-state index is -4.42. The van der Waals surface area contributed by atoms with E-state index in [1.807, 2.05) is 0 Å². The van der Waals surface area contributed by atoms with Gasteiger partial charge in [-0.1, -0.05) is 18.2 Å². The number of aromatic nitrogens is 1. The second-order valence-corrected chi connectivity index (χ2v) is 6.44. The number of aryl methyl sites for hydroxylation is 1. The van der Waals surface area contributed by atoms with Crippen LogP contribution in [0.1, 0.15) is 45.3 Å². The molecule has 22 heavy (non-hydrogen) atoms. The fraction of sp³-hybridized carbons (Fsp3) is 0.333. The van der Waals surface area contributed by atoms with E-state index in [0.717, 1.165) is 23.5 Å². The summed E-state index contributed by atoms with van der Waals surface area (Å²) in [4.78, 5) is 15.4. The van der Waals surface area contributed by atoms with E-state index in [1.165, 1.54) is 6.07 Å². The number of halogens is 3. The predicted molar refractivity (Wildman–Crippen MR) is 77.4 cm³/mol. The number of hydrogen-bond donors (Lipinski definition) is 1. The van der Waals surface area contributed by atoms with Gasteiger partial charge in [0, 0.05) is 5.41 Å². The van der Waals surface area contributed by atoms with Gasteiger partial charge in [-0.05, 0) is 32.4 Å². The van der Waals surface area contributed by atoms with Gasteiger partial charge in [-0.2, -0.15) is 13.2 Å². The van der Waals surface area contributed by atoms with Crippen molar-refractivity contribution in [3.8, 4) is 0 Å². The molecule has 0 unspecified atom stereocenters. The Morgan fingerprint density at radius 3 is 2.32 bits per heavy atom. The third-order valence-corrected chi connectivity index (χ3v) is 4.91. The van der Waals surface area contributed by atoms with Crippen LogP contribution in [0, 0.1) is 6.92 Å². The van der Waals surface area contributed by atoms with Crippen LogP contribution in [0.15, 0.2) is 24.3 Å². The van der Waals surface area contributed by atoms with Crippen LogP contribution in [-0.2, 0) is 11.6 Å². The average molecular weight is 329 g/mol. The van der Waals surface area contributed by atoms with Gasteiger partial charge in [-0.15, -0.1) is 11.3 Å². The van der Waals surface area contributed by atoms with Crippen LogP contribution >= 0.6 is 11.3 Å². The van der Waals surface area contributed by atoms with Crippen LogP contribution in [-0.4, -0.2) is 16.1 Å². The molecule has 1 aromatic carbocycles.